The minimum Gasteiger partial charge on any atom is -0.300 e. The fraction of sp³-hybridized carbons (Fsp3) is 0.125. The van der Waals surface area contributed by atoms with Crippen molar-refractivity contribution in [2.75, 3.05) is 4.90 Å². The quantitative estimate of drug-likeness (QED) is 0.145. The first kappa shape index (κ1) is 24.3. The minimum absolute atomic E-state index is 0.180. The van der Waals surface area contributed by atoms with Gasteiger partial charge < -0.3 is 4.90 Å². The van der Waals surface area contributed by atoms with Crippen LogP contribution in [0.1, 0.15) is 37.9 Å². The van der Waals surface area contributed by atoms with Gasteiger partial charge >= 0.3 is 0 Å². The van der Waals surface area contributed by atoms with E-state index in [1.54, 1.807) is 31.2 Å². The second kappa shape index (κ2) is 8.64. The lowest BCUT2D eigenvalue weighted by Crippen LogP contribution is -2.67. The summed E-state index contributed by atoms with van der Waals surface area (Å²) in [6.07, 6.45) is 0. The van der Waals surface area contributed by atoms with E-state index in [1.807, 2.05) is 0 Å². The van der Waals surface area contributed by atoms with Crippen LogP contribution in [0.3, 0.4) is 0 Å². The van der Waals surface area contributed by atoms with Gasteiger partial charge in [-0.25, -0.2) is 4.39 Å². The summed E-state index contributed by atoms with van der Waals surface area (Å²) in [6.45, 7) is 1.76. The molecule has 0 N–H and O–H groups in total. The van der Waals surface area contributed by atoms with Crippen LogP contribution in [0.15, 0.2) is 42.5 Å². The summed E-state index contributed by atoms with van der Waals surface area (Å²) < 4.78 is 14.2. The molecule has 178 valence electrons. The number of anilines is 1. The highest BCUT2D eigenvalue weighted by Crippen LogP contribution is 2.49. The van der Waals surface area contributed by atoms with Crippen LogP contribution in [0, 0.1) is 12.7 Å². The Kier molecular flexibility index (Phi) is 6.01. The number of imide groups is 1. The third-order valence-electron chi connectivity index (χ3n) is 6.09. The molecule has 0 bridgehead atoms. The zero-order chi connectivity index (χ0) is 25.3. The second-order valence-electron chi connectivity index (χ2n) is 8.07. The van der Waals surface area contributed by atoms with Crippen molar-refractivity contribution in [1.29, 1.82) is 0 Å². The average molecular weight is 573 g/mol. The molecule has 5 rings (SSSR count). The maximum Gasteiger partial charge on any atom is 0.264 e. The number of hydrogen-bond acceptors (Lipinski definition) is 3. The summed E-state index contributed by atoms with van der Waals surface area (Å²) >= 11 is 30.8. The molecule has 0 aromatic heterocycles. The predicted octanol–water partition coefficient (Wildman–Crippen LogP) is 7.15. The van der Waals surface area contributed by atoms with Crippen molar-refractivity contribution in [3.8, 4) is 0 Å². The normalized spacial score (nSPS) is 19.3. The van der Waals surface area contributed by atoms with Gasteiger partial charge in [0.05, 0.1) is 37.3 Å². The molecule has 2 aliphatic rings. The van der Waals surface area contributed by atoms with E-state index in [0.29, 0.717) is 21.8 Å². The number of carbonyl (C=O) groups excluding carboxylic acids is 3. The number of amides is 3. The van der Waals surface area contributed by atoms with Crippen molar-refractivity contribution < 1.29 is 18.8 Å². The van der Waals surface area contributed by atoms with Gasteiger partial charge in [-0.15, -0.1) is 0 Å². The first-order valence-corrected chi connectivity index (χ1v) is 12.0. The highest BCUT2D eigenvalue weighted by molar-refractivity contribution is 6.55. The van der Waals surface area contributed by atoms with E-state index < -0.39 is 35.6 Å². The third-order valence-corrected chi connectivity index (χ3v) is 8.12. The number of rotatable bonds is 3. The van der Waals surface area contributed by atoms with Crippen LogP contribution in [0.4, 0.5) is 10.1 Å². The van der Waals surface area contributed by atoms with Crippen LogP contribution in [0.25, 0.3) is 0 Å². The number of β-lactam (4-membered cyclic amide) rings is 1. The minimum atomic E-state index is -1.29. The molecule has 3 aromatic rings. The number of carbonyl (C=O) groups is 3. The molecule has 1 saturated heterocycles. The van der Waals surface area contributed by atoms with Gasteiger partial charge in [0.15, 0.2) is 0 Å². The lowest BCUT2D eigenvalue weighted by Gasteiger charge is -2.50. The summed E-state index contributed by atoms with van der Waals surface area (Å²) in [6, 6.07) is 8.34. The highest BCUT2D eigenvalue weighted by Gasteiger charge is 2.58. The Morgan fingerprint density at radius 2 is 1.34 bits per heavy atom. The van der Waals surface area contributed by atoms with Crippen LogP contribution < -0.4 is 4.90 Å². The Labute approximate surface area is 223 Å². The third kappa shape index (κ3) is 3.54. The van der Waals surface area contributed by atoms with Crippen molar-refractivity contribution in [2.45, 2.75) is 19.0 Å². The van der Waals surface area contributed by atoms with Gasteiger partial charge in [-0.2, -0.15) is 0 Å². The SMILES string of the molecule is Cc1cc(Cl)ccc1N1C(=O)[C@@H](N2C(=O)c3c(Cl)c(Cl)c(Cl)c(Cl)c3C2=O)[C@@H]1c1cccc(F)c1. The molecule has 0 unspecified atom stereocenters. The number of fused-ring (bicyclic) bond motifs is 1. The number of nitrogens with zero attached hydrogens (tertiary/aromatic N) is 2. The van der Waals surface area contributed by atoms with Crippen LogP contribution in [0.2, 0.25) is 25.1 Å². The number of halogens is 6. The maximum atomic E-state index is 14.2. The van der Waals surface area contributed by atoms with Gasteiger partial charge in [-0.3, -0.25) is 19.3 Å². The van der Waals surface area contributed by atoms with Gasteiger partial charge in [-0.05, 0) is 48.4 Å². The van der Waals surface area contributed by atoms with Crippen molar-refractivity contribution in [3.05, 3.63) is 95.6 Å². The van der Waals surface area contributed by atoms with Crippen molar-refractivity contribution in [3.63, 3.8) is 0 Å². The second-order valence-corrected chi connectivity index (χ2v) is 10.0. The molecule has 2 heterocycles. The summed E-state index contributed by atoms with van der Waals surface area (Å²) in [7, 11) is 0. The Morgan fingerprint density at radius 3 is 1.89 bits per heavy atom. The average Bonchev–Trinajstić information content (AvgIpc) is 3.06. The van der Waals surface area contributed by atoms with E-state index in [2.05, 4.69) is 0 Å². The maximum absolute atomic E-state index is 14.2. The smallest absolute Gasteiger partial charge is 0.264 e. The number of hydrogen-bond donors (Lipinski definition) is 0. The molecule has 5 nitrogen and oxygen atoms in total. The topological polar surface area (TPSA) is 57.7 Å². The van der Waals surface area contributed by atoms with Gasteiger partial charge in [0.25, 0.3) is 17.7 Å². The van der Waals surface area contributed by atoms with E-state index in [9.17, 15) is 18.8 Å². The molecule has 0 aliphatic carbocycles. The van der Waals surface area contributed by atoms with E-state index in [0.717, 1.165) is 4.90 Å². The summed E-state index contributed by atoms with van der Waals surface area (Å²) in [5, 5.41) is -0.371. The monoisotopic (exact) mass is 570 g/mol. The molecule has 3 aromatic carbocycles. The molecule has 2 atom stereocenters. The summed E-state index contributed by atoms with van der Waals surface area (Å²) in [5.41, 5.74) is 1.10. The van der Waals surface area contributed by atoms with E-state index in [1.165, 1.54) is 23.1 Å². The van der Waals surface area contributed by atoms with Gasteiger partial charge in [0, 0.05) is 10.7 Å². The van der Waals surface area contributed by atoms with Crippen molar-refractivity contribution in [1.82, 2.24) is 4.90 Å². The molecule has 2 aliphatic heterocycles. The van der Waals surface area contributed by atoms with E-state index in [-0.39, 0.29) is 31.2 Å². The molecule has 1 fully saturated rings. The molecule has 3 amide bonds. The standard InChI is InChI=1S/C24H12Cl5FN2O3/c1-9-7-11(25)5-6-13(9)31-20(10-3-2-4-12(30)8-10)21(24(31)35)32-22(33)14-15(23(32)34)17(27)19(29)18(28)16(14)26/h2-8,20-21H,1H3/t20-,21-/m0/s1. The van der Waals surface area contributed by atoms with Crippen LogP contribution in [-0.2, 0) is 4.79 Å². The van der Waals surface area contributed by atoms with E-state index >= 15 is 0 Å². The number of benzene rings is 3. The first-order valence-electron chi connectivity index (χ1n) is 10.1. The fourth-order valence-electron chi connectivity index (χ4n) is 4.52. The van der Waals surface area contributed by atoms with Gasteiger partial charge in [0.1, 0.15) is 11.9 Å². The Hall–Kier alpha value is -2.35. The Morgan fingerprint density at radius 1 is 0.743 bits per heavy atom. The first-order chi connectivity index (χ1) is 16.5. The molecule has 0 radical (unpaired) electrons. The van der Waals surface area contributed by atoms with Crippen molar-refractivity contribution in [2.24, 2.45) is 0 Å². The van der Waals surface area contributed by atoms with Crippen LogP contribution in [-0.4, -0.2) is 28.7 Å². The zero-order valence-electron chi connectivity index (χ0n) is 17.6. The molecule has 0 saturated carbocycles. The molecule has 11 heteroatoms. The highest BCUT2D eigenvalue weighted by atomic mass is 35.5. The van der Waals surface area contributed by atoms with E-state index in [4.69, 9.17) is 58.0 Å². The lowest BCUT2D eigenvalue weighted by atomic mass is 9.85. The summed E-state index contributed by atoms with van der Waals surface area (Å²) in [5.74, 6) is -2.78. The molecular weight excluding hydrogens is 561 g/mol. The molecular formula is C24H12Cl5FN2O3. The van der Waals surface area contributed by atoms with Crippen molar-refractivity contribution >= 4 is 81.4 Å². The van der Waals surface area contributed by atoms with Gasteiger partial charge in [-0.1, -0.05) is 70.1 Å². The zero-order valence-corrected chi connectivity index (χ0v) is 21.4. The predicted molar refractivity (Wildman–Crippen MR) is 134 cm³/mol. The van der Waals surface area contributed by atoms with Crippen LogP contribution in [0.5, 0.6) is 0 Å². The Balaban J connectivity index is 1.65. The fourth-order valence-corrected chi connectivity index (χ4v) is 5.77. The summed E-state index contributed by atoms with van der Waals surface area (Å²) in [4.78, 5) is 42.6. The van der Waals surface area contributed by atoms with Crippen LogP contribution >= 0.6 is 58.0 Å². The number of aryl methyl sites for hydroxylation is 1. The lowest BCUT2D eigenvalue weighted by molar-refractivity contribution is -0.130. The molecule has 35 heavy (non-hydrogen) atoms. The molecule has 0 spiro atoms. The Bertz CT molecular complexity index is 1430. The largest absolute Gasteiger partial charge is 0.300 e. The van der Waals surface area contributed by atoms with Gasteiger partial charge in [0.2, 0.25) is 0 Å².